The van der Waals surface area contributed by atoms with Gasteiger partial charge in [-0.2, -0.15) is 5.26 Å². The number of benzene rings is 3. The van der Waals surface area contributed by atoms with Crippen molar-refractivity contribution in [3.05, 3.63) is 95.1 Å². The highest BCUT2D eigenvalue weighted by Gasteiger charge is 2.20. The van der Waals surface area contributed by atoms with Crippen molar-refractivity contribution in [1.29, 1.82) is 5.26 Å². The number of phenols is 1. The molecule has 5 N–H and O–H groups in total. The summed E-state index contributed by atoms with van der Waals surface area (Å²) in [5.74, 6) is -1.60. The van der Waals surface area contributed by atoms with Crippen molar-refractivity contribution in [2.75, 3.05) is 17.2 Å². The molecule has 3 rings (SSSR count). The minimum Gasteiger partial charge on any atom is -0.508 e. The van der Waals surface area contributed by atoms with Crippen LogP contribution in [0.2, 0.25) is 0 Å². The molecule has 200 valence electrons. The lowest BCUT2D eigenvalue weighted by atomic mass is 10.1. The molecule has 1 atom stereocenters. The standard InChI is InChI=1S/C29H28N4O6/c1-19(35)31-26(18-39-17-20-5-3-2-4-6-20)29(38)33-25-10-8-24(9-11-25)32-28(37)22(15-30)13-21-7-12-27(36)23(14-21)16-34/h2-14,26,34,36H,16-18H2,1H3,(H,31,35)(H,32,37)(H,33,38)/b22-13+/t26-/m1/s1. The summed E-state index contributed by atoms with van der Waals surface area (Å²) in [6, 6.07) is 20.9. The third-order valence-corrected chi connectivity index (χ3v) is 5.45. The van der Waals surface area contributed by atoms with Gasteiger partial charge in [-0.15, -0.1) is 0 Å². The van der Waals surface area contributed by atoms with Crippen LogP contribution in [0.1, 0.15) is 23.6 Å². The van der Waals surface area contributed by atoms with Gasteiger partial charge in [0, 0.05) is 23.9 Å². The van der Waals surface area contributed by atoms with Gasteiger partial charge in [-0.05, 0) is 53.6 Å². The van der Waals surface area contributed by atoms with Crippen molar-refractivity contribution >= 4 is 35.2 Å². The molecule has 0 spiro atoms. The number of nitrogens with one attached hydrogen (secondary N) is 3. The number of ether oxygens (including phenoxy) is 1. The molecule has 0 unspecified atom stereocenters. The van der Waals surface area contributed by atoms with Crippen LogP contribution < -0.4 is 16.0 Å². The average Bonchev–Trinajstić information content (AvgIpc) is 2.93. The van der Waals surface area contributed by atoms with Crippen LogP contribution in [0.25, 0.3) is 6.08 Å². The number of hydrogen-bond donors (Lipinski definition) is 5. The molecule has 0 aromatic heterocycles. The zero-order valence-electron chi connectivity index (χ0n) is 21.2. The predicted octanol–water partition coefficient (Wildman–Crippen LogP) is 3.09. The lowest BCUT2D eigenvalue weighted by Crippen LogP contribution is -2.46. The highest BCUT2D eigenvalue weighted by Crippen LogP contribution is 2.21. The number of nitriles is 1. The van der Waals surface area contributed by atoms with Gasteiger partial charge in [-0.1, -0.05) is 36.4 Å². The number of aliphatic hydroxyl groups is 1. The van der Waals surface area contributed by atoms with Crippen LogP contribution in [0.3, 0.4) is 0 Å². The Labute approximate surface area is 225 Å². The summed E-state index contributed by atoms with van der Waals surface area (Å²) in [7, 11) is 0. The Morgan fingerprint density at radius 1 is 1.00 bits per heavy atom. The summed E-state index contributed by atoms with van der Waals surface area (Å²) in [6.45, 7) is 1.18. The van der Waals surface area contributed by atoms with Gasteiger partial charge in [0.25, 0.3) is 5.91 Å². The summed E-state index contributed by atoms with van der Waals surface area (Å²) in [5.41, 5.74) is 2.28. The molecule has 0 bridgehead atoms. The molecule has 0 radical (unpaired) electrons. The van der Waals surface area contributed by atoms with Gasteiger partial charge in [-0.25, -0.2) is 0 Å². The molecule has 0 heterocycles. The second kappa shape index (κ2) is 14.1. The number of rotatable bonds is 11. The highest BCUT2D eigenvalue weighted by atomic mass is 16.5. The molecule has 39 heavy (non-hydrogen) atoms. The van der Waals surface area contributed by atoms with Crippen molar-refractivity contribution in [3.63, 3.8) is 0 Å². The zero-order valence-corrected chi connectivity index (χ0v) is 21.2. The van der Waals surface area contributed by atoms with E-state index >= 15 is 0 Å². The Morgan fingerprint density at radius 3 is 2.28 bits per heavy atom. The van der Waals surface area contributed by atoms with Gasteiger partial charge in [0.15, 0.2) is 0 Å². The maximum absolute atomic E-state index is 12.8. The number of nitrogens with zero attached hydrogens (tertiary/aromatic N) is 1. The monoisotopic (exact) mass is 528 g/mol. The molecule has 0 fully saturated rings. The second-order valence-corrected chi connectivity index (χ2v) is 8.49. The number of anilines is 2. The Balaban J connectivity index is 1.60. The van der Waals surface area contributed by atoms with Gasteiger partial charge >= 0.3 is 0 Å². The molecule has 0 saturated heterocycles. The minimum atomic E-state index is -0.917. The van der Waals surface area contributed by atoms with Crippen LogP contribution in [-0.2, 0) is 32.3 Å². The van der Waals surface area contributed by atoms with E-state index in [2.05, 4.69) is 16.0 Å². The summed E-state index contributed by atoms with van der Waals surface area (Å²) >= 11 is 0. The number of aliphatic hydroxyl groups excluding tert-OH is 1. The van der Waals surface area contributed by atoms with Gasteiger partial charge in [-0.3, -0.25) is 14.4 Å². The third kappa shape index (κ3) is 8.82. The van der Waals surface area contributed by atoms with Crippen molar-refractivity contribution in [2.24, 2.45) is 0 Å². The maximum Gasteiger partial charge on any atom is 0.266 e. The van der Waals surface area contributed by atoms with Crippen LogP contribution in [0, 0.1) is 11.3 Å². The first kappa shape index (κ1) is 28.6. The van der Waals surface area contributed by atoms with Gasteiger partial charge in [0.2, 0.25) is 11.8 Å². The van der Waals surface area contributed by atoms with Crippen LogP contribution in [0.4, 0.5) is 11.4 Å². The molecule has 3 aromatic carbocycles. The molecule has 0 aliphatic rings. The molecule has 0 saturated carbocycles. The van der Waals surface area contributed by atoms with E-state index in [4.69, 9.17) is 4.74 Å². The van der Waals surface area contributed by atoms with Gasteiger partial charge in [0.05, 0.1) is 19.8 Å². The van der Waals surface area contributed by atoms with E-state index in [1.807, 2.05) is 36.4 Å². The molecule has 0 aliphatic heterocycles. The number of hydrogen-bond acceptors (Lipinski definition) is 7. The second-order valence-electron chi connectivity index (χ2n) is 8.49. The van der Waals surface area contributed by atoms with E-state index in [0.29, 0.717) is 16.9 Å². The SMILES string of the molecule is CC(=O)N[C@H](COCc1ccccc1)C(=O)Nc1ccc(NC(=O)/C(C#N)=C/c2ccc(O)c(CO)c2)cc1. The van der Waals surface area contributed by atoms with Crippen molar-refractivity contribution in [2.45, 2.75) is 26.2 Å². The van der Waals surface area contributed by atoms with Crippen molar-refractivity contribution in [1.82, 2.24) is 5.32 Å². The van der Waals surface area contributed by atoms with E-state index < -0.39 is 24.5 Å². The van der Waals surface area contributed by atoms with Crippen molar-refractivity contribution < 1.29 is 29.3 Å². The fourth-order valence-corrected chi connectivity index (χ4v) is 3.50. The Bertz CT molecular complexity index is 1380. The normalized spacial score (nSPS) is 11.7. The zero-order chi connectivity index (χ0) is 28.2. The average molecular weight is 529 g/mol. The first-order valence-corrected chi connectivity index (χ1v) is 11.9. The first-order valence-electron chi connectivity index (χ1n) is 11.9. The van der Waals surface area contributed by atoms with Crippen molar-refractivity contribution in [3.8, 4) is 11.8 Å². The summed E-state index contributed by atoms with van der Waals surface area (Å²) < 4.78 is 5.62. The largest absolute Gasteiger partial charge is 0.508 e. The molecule has 0 aliphatic carbocycles. The highest BCUT2D eigenvalue weighted by molar-refractivity contribution is 6.09. The summed E-state index contributed by atoms with van der Waals surface area (Å²) in [4.78, 5) is 37.0. The fraction of sp³-hybridized carbons (Fsp3) is 0.172. The maximum atomic E-state index is 12.8. The summed E-state index contributed by atoms with van der Waals surface area (Å²) in [5, 5.41) is 36.3. The molecule has 10 nitrogen and oxygen atoms in total. The van der Waals surface area contributed by atoms with Crippen LogP contribution in [-0.4, -0.2) is 40.6 Å². The minimum absolute atomic E-state index is 0.0292. The van der Waals surface area contributed by atoms with E-state index in [1.54, 1.807) is 24.3 Å². The fourth-order valence-electron chi connectivity index (χ4n) is 3.50. The number of carbonyl (C=O) groups excluding carboxylic acids is 3. The quantitative estimate of drug-likeness (QED) is 0.189. The molecular formula is C29H28N4O6. The molecule has 3 amide bonds. The molecule has 10 heteroatoms. The van der Waals surface area contributed by atoms with E-state index in [1.165, 1.54) is 31.2 Å². The Hall–Kier alpha value is -4.98. The molecule has 3 aromatic rings. The van der Waals surface area contributed by atoms with E-state index in [0.717, 1.165) is 5.56 Å². The number of amides is 3. The smallest absolute Gasteiger partial charge is 0.266 e. The Kier molecular flexibility index (Phi) is 10.3. The summed E-state index contributed by atoms with van der Waals surface area (Å²) in [6.07, 6.45) is 1.34. The van der Waals surface area contributed by atoms with E-state index in [-0.39, 0.29) is 36.0 Å². The predicted molar refractivity (Wildman–Crippen MR) is 145 cm³/mol. The topological polar surface area (TPSA) is 161 Å². The number of carbonyl (C=O) groups is 3. The van der Waals surface area contributed by atoms with Crippen LogP contribution in [0.5, 0.6) is 5.75 Å². The first-order chi connectivity index (χ1) is 18.8. The lowest BCUT2D eigenvalue weighted by Gasteiger charge is -2.18. The third-order valence-electron chi connectivity index (χ3n) is 5.45. The van der Waals surface area contributed by atoms with Crippen LogP contribution >= 0.6 is 0 Å². The lowest BCUT2D eigenvalue weighted by molar-refractivity contribution is -0.126. The number of aromatic hydroxyl groups is 1. The molecular weight excluding hydrogens is 500 g/mol. The Morgan fingerprint density at radius 2 is 1.67 bits per heavy atom. The van der Waals surface area contributed by atoms with E-state index in [9.17, 15) is 29.9 Å². The van der Waals surface area contributed by atoms with Crippen LogP contribution in [0.15, 0.2) is 78.4 Å². The van der Waals surface area contributed by atoms with Gasteiger partial charge in [0.1, 0.15) is 23.4 Å². The van der Waals surface area contributed by atoms with Gasteiger partial charge < -0.3 is 30.9 Å².